The summed E-state index contributed by atoms with van der Waals surface area (Å²) in [5.74, 6) is -0.465. The number of benzene rings is 2. The van der Waals surface area contributed by atoms with Gasteiger partial charge in [0.15, 0.2) is 0 Å². The van der Waals surface area contributed by atoms with E-state index < -0.39 is 4.92 Å². The lowest BCUT2D eigenvalue weighted by Gasteiger charge is -2.22. The molecule has 0 aliphatic carbocycles. The predicted octanol–water partition coefficient (Wildman–Crippen LogP) is 3.50. The van der Waals surface area contributed by atoms with Gasteiger partial charge >= 0.3 is 11.8 Å². The summed E-state index contributed by atoms with van der Waals surface area (Å²) in [4.78, 5) is 14.1. The van der Waals surface area contributed by atoms with Crippen LogP contribution in [0.1, 0.15) is 16.7 Å². The van der Waals surface area contributed by atoms with Crippen molar-refractivity contribution in [3.63, 3.8) is 0 Å². The first-order chi connectivity index (χ1) is 13.6. The summed E-state index contributed by atoms with van der Waals surface area (Å²) < 4.78 is 25.9. The third kappa shape index (κ3) is 4.17. The molecule has 3 aromatic rings. The second kappa shape index (κ2) is 7.77. The molecule has 7 nitrogen and oxygen atoms in total. The van der Waals surface area contributed by atoms with E-state index in [1.807, 2.05) is 24.3 Å². The van der Waals surface area contributed by atoms with Gasteiger partial charge in [-0.05, 0) is 40.2 Å². The minimum Gasteiger partial charge on any atom is -0.443 e. The van der Waals surface area contributed by atoms with E-state index in [9.17, 15) is 14.5 Å². The Hall–Kier alpha value is -3.26. The number of hydrogen-bond donors (Lipinski definition) is 0. The van der Waals surface area contributed by atoms with Crippen molar-refractivity contribution in [2.24, 2.45) is 0 Å². The van der Waals surface area contributed by atoms with Crippen LogP contribution < -0.4 is 4.74 Å². The van der Waals surface area contributed by atoms with E-state index in [1.54, 1.807) is 16.7 Å². The van der Waals surface area contributed by atoms with Gasteiger partial charge in [-0.25, -0.2) is 4.39 Å². The number of halogens is 1. The Labute approximate surface area is 160 Å². The average Bonchev–Trinajstić information content (AvgIpc) is 3.13. The third-order valence-corrected chi connectivity index (χ3v) is 4.54. The Balaban J connectivity index is 1.31. The molecule has 0 N–H and O–H groups in total. The molecule has 1 aliphatic heterocycles. The zero-order valence-electron chi connectivity index (χ0n) is 15.0. The van der Waals surface area contributed by atoms with Gasteiger partial charge in [0.05, 0.1) is 13.2 Å². The Morgan fingerprint density at radius 3 is 2.46 bits per heavy atom. The van der Waals surface area contributed by atoms with E-state index in [2.05, 4.69) is 4.98 Å². The monoisotopic (exact) mass is 383 g/mol. The fraction of sp³-hybridized carbons (Fsp3) is 0.250. The second-order valence-corrected chi connectivity index (χ2v) is 6.65. The molecule has 0 fully saturated rings. The van der Waals surface area contributed by atoms with E-state index in [0.717, 1.165) is 23.1 Å². The van der Waals surface area contributed by atoms with Crippen LogP contribution in [-0.2, 0) is 24.3 Å². The van der Waals surface area contributed by atoms with Crippen LogP contribution in [0.4, 0.5) is 10.2 Å². The fourth-order valence-electron chi connectivity index (χ4n) is 3.07. The molecule has 2 heterocycles. The average molecular weight is 383 g/mol. The molecule has 28 heavy (non-hydrogen) atoms. The minimum absolute atomic E-state index is 0.208. The van der Waals surface area contributed by atoms with E-state index in [1.165, 1.54) is 18.3 Å². The van der Waals surface area contributed by atoms with E-state index in [0.29, 0.717) is 19.8 Å². The van der Waals surface area contributed by atoms with Gasteiger partial charge in [0, 0.05) is 4.98 Å². The van der Waals surface area contributed by atoms with Crippen LogP contribution >= 0.6 is 0 Å². The van der Waals surface area contributed by atoms with Gasteiger partial charge in [-0.2, -0.15) is 0 Å². The molecule has 0 radical (unpaired) electrons. The highest BCUT2D eigenvalue weighted by molar-refractivity contribution is 5.28. The van der Waals surface area contributed by atoms with Crippen LogP contribution in [-0.4, -0.2) is 27.2 Å². The molecule has 1 atom stereocenters. The van der Waals surface area contributed by atoms with E-state index >= 15 is 0 Å². The normalized spacial score (nSPS) is 15.7. The number of rotatable bonds is 6. The standard InChI is InChI=1S/C20H18FN3O4/c21-17-7-5-15(6-8-17)9-14-1-3-16(4-2-14)12-27-18-10-23-11-19(24(25)26)22-20(23)28-13-18/h1-8,11,18H,9-10,12-13H2/t18-/m0/s1. The van der Waals surface area contributed by atoms with Crippen LogP contribution in [0.15, 0.2) is 54.7 Å². The van der Waals surface area contributed by atoms with Crippen molar-refractivity contribution < 1.29 is 18.8 Å². The van der Waals surface area contributed by atoms with Crippen LogP contribution in [0.25, 0.3) is 0 Å². The van der Waals surface area contributed by atoms with Crippen molar-refractivity contribution in [1.82, 2.24) is 9.55 Å². The summed E-state index contributed by atoms with van der Waals surface area (Å²) in [5.41, 5.74) is 3.20. The topological polar surface area (TPSA) is 79.4 Å². The van der Waals surface area contributed by atoms with Gasteiger partial charge in [-0.15, -0.1) is 0 Å². The minimum atomic E-state index is -0.544. The van der Waals surface area contributed by atoms with Gasteiger partial charge in [0.25, 0.3) is 0 Å². The Morgan fingerprint density at radius 1 is 1.14 bits per heavy atom. The summed E-state index contributed by atoms with van der Waals surface area (Å²) >= 11 is 0. The lowest BCUT2D eigenvalue weighted by Crippen LogP contribution is -2.32. The third-order valence-electron chi connectivity index (χ3n) is 4.54. The smallest absolute Gasteiger partial charge is 0.414 e. The molecule has 1 aliphatic rings. The van der Waals surface area contributed by atoms with Crippen molar-refractivity contribution in [1.29, 1.82) is 0 Å². The van der Waals surface area contributed by atoms with Gasteiger partial charge in [0.1, 0.15) is 24.7 Å². The van der Waals surface area contributed by atoms with Gasteiger partial charge in [-0.1, -0.05) is 36.4 Å². The van der Waals surface area contributed by atoms with Gasteiger partial charge < -0.3 is 19.6 Å². The summed E-state index contributed by atoms with van der Waals surface area (Å²) in [6.07, 6.45) is 1.88. The molecule has 2 aromatic carbocycles. The molecule has 0 amide bonds. The number of imidazole rings is 1. The molecule has 144 valence electrons. The zero-order valence-corrected chi connectivity index (χ0v) is 15.0. The van der Waals surface area contributed by atoms with Crippen molar-refractivity contribution in [2.45, 2.75) is 25.7 Å². The summed E-state index contributed by atoms with van der Waals surface area (Å²) in [6, 6.07) is 14.8. The number of hydrogen-bond acceptors (Lipinski definition) is 5. The lowest BCUT2D eigenvalue weighted by atomic mass is 10.0. The Morgan fingerprint density at radius 2 is 1.79 bits per heavy atom. The van der Waals surface area contributed by atoms with Gasteiger partial charge in [-0.3, -0.25) is 4.57 Å². The van der Waals surface area contributed by atoms with Crippen molar-refractivity contribution in [3.8, 4) is 6.01 Å². The van der Waals surface area contributed by atoms with E-state index in [4.69, 9.17) is 9.47 Å². The molecule has 0 saturated carbocycles. The van der Waals surface area contributed by atoms with Gasteiger partial charge in [0.2, 0.25) is 0 Å². The highest BCUT2D eigenvalue weighted by atomic mass is 19.1. The summed E-state index contributed by atoms with van der Waals surface area (Å²) in [7, 11) is 0. The molecule has 1 aromatic heterocycles. The number of nitro groups is 1. The fourth-order valence-corrected chi connectivity index (χ4v) is 3.07. The molecule has 0 bridgehead atoms. The quantitative estimate of drug-likeness (QED) is 0.481. The lowest BCUT2D eigenvalue weighted by molar-refractivity contribution is -0.389. The molecule has 4 rings (SSSR count). The number of aromatic nitrogens is 2. The SMILES string of the molecule is O=[N+]([O-])c1cn2c(n1)OC[C@@H](OCc1ccc(Cc3ccc(F)cc3)cc1)C2. The predicted molar refractivity (Wildman–Crippen MR) is 98.6 cm³/mol. The van der Waals surface area contributed by atoms with Crippen molar-refractivity contribution >= 4 is 5.82 Å². The molecular weight excluding hydrogens is 365 g/mol. The van der Waals surface area contributed by atoms with Crippen LogP contribution in [0, 0.1) is 15.9 Å². The largest absolute Gasteiger partial charge is 0.443 e. The summed E-state index contributed by atoms with van der Waals surface area (Å²) in [5, 5.41) is 10.8. The first kappa shape index (κ1) is 18.1. The van der Waals surface area contributed by atoms with E-state index in [-0.39, 0.29) is 23.7 Å². The molecule has 0 spiro atoms. The van der Waals surface area contributed by atoms with Crippen LogP contribution in [0.2, 0.25) is 0 Å². The Bertz CT molecular complexity index is 970. The molecular formula is C20H18FN3O4. The highest BCUT2D eigenvalue weighted by Gasteiger charge is 2.28. The molecule has 0 unspecified atom stereocenters. The summed E-state index contributed by atoms with van der Waals surface area (Å²) in [6.45, 7) is 1.17. The molecule has 0 saturated heterocycles. The Kier molecular flexibility index (Phi) is 5.03. The van der Waals surface area contributed by atoms with Crippen LogP contribution in [0.3, 0.4) is 0 Å². The highest BCUT2D eigenvalue weighted by Crippen LogP contribution is 2.23. The van der Waals surface area contributed by atoms with Crippen molar-refractivity contribution in [2.75, 3.05) is 6.61 Å². The maximum absolute atomic E-state index is 13.0. The second-order valence-electron chi connectivity index (χ2n) is 6.65. The molecule has 8 heteroatoms. The maximum Gasteiger partial charge on any atom is 0.414 e. The first-order valence-corrected chi connectivity index (χ1v) is 8.85. The van der Waals surface area contributed by atoms with Crippen LogP contribution in [0.5, 0.6) is 6.01 Å². The first-order valence-electron chi connectivity index (χ1n) is 8.85. The zero-order chi connectivity index (χ0) is 19.5. The number of nitrogens with zero attached hydrogens (tertiary/aromatic N) is 3. The number of fused-ring (bicyclic) bond motifs is 1. The maximum atomic E-state index is 13.0. The number of ether oxygens (including phenoxy) is 2. The van der Waals surface area contributed by atoms with Crippen molar-refractivity contribution in [3.05, 3.63) is 87.3 Å².